The van der Waals surface area contributed by atoms with Crippen LogP contribution in [0.4, 0.5) is 10.5 Å². The molecule has 2 N–H and O–H groups in total. The SMILES string of the molecule is CC(C)(C)c1ccc(-c2c(CC3C4CCC3CN(Cc3ccccc3)C4)cccc2NC(=O)O)cc1. The van der Waals surface area contributed by atoms with Crippen molar-refractivity contribution in [3.8, 4) is 11.1 Å². The molecular weight excluding hydrogens is 444 g/mol. The van der Waals surface area contributed by atoms with Crippen LogP contribution in [0.1, 0.15) is 50.3 Å². The summed E-state index contributed by atoms with van der Waals surface area (Å²) in [4.78, 5) is 14.3. The van der Waals surface area contributed by atoms with E-state index in [1.807, 2.05) is 12.1 Å². The Bertz CT molecular complexity index is 1180. The van der Waals surface area contributed by atoms with Gasteiger partial charge in [-0.2, -0.15) is 0 Å². The van der Waals surface area contributed by atoms with Crippen molar-refractivity contribution in [2.45, 2.75) is 52.0 Å². The van der Waals surface area contributed by atoms with E-state index in [0.29, 0.717) is 23.4 Å². The van der Waals surface area contributed by atoms with Crippen LogP contribution in [0.15, 0.2) is 72.8 Å². The minimum Gasteiger partial charge on any atom is -0.465 e. The minimum absolute atomic E-state index is 0.0765. The van der Waals surface area contributed by atoms with Gasteiger partial charge < -0.3 is 5.11 Å². The first kappa shape index (κ1) is 24.6. The van der Waals surface area contributed by atoms with Crippen LogP contribution in [-0.2, 0) is 18.4 Å². The highest BCUT2D eigenvalue weighted by molar-refractivity contribution is 5.91. The van der Waals surface area contributed by atoms with Gasteiger partial charge in [0.05, 0.1) is 5.69 Å². The summed E-state index contributed by atoms with van der Waals surface area (Å²) in [5.74, 6) is 2.03. The van der Waals surface area contributed by atoms with Crippen LogP contribution in [0, 0.1) is 17.8 Å². The third-order valence-electron chi connectivity index (χ3n) is 8.24. The Morgan fingerprint density at radius 2 is 1.58 bits per heavy atom. The molecule has 1 amide bonds. The summed E-state index contributed by atoms with van der Waals surface area (Å²) in [6, 6.07) is 25.6. The largest absolute Gasteiger partial charge is 0.465 e. The van der Waals surface area contributed by atoms with E-state index < -0.39 is 6.09 Å². The van der Waals surface area contributed by atoms with Gasteiger partial charge in [0.1, 0.15) is 0 Å². The first-order valence-electron chi connectivity index (χ1n) is 13.3. The number of carbonyl (C=O) groups is 1. The van der Waals surface area contributed by atoms with Crippen LogP contribution in [0.25, 0.3) is 11.1 Å². The molecular formula is C32H38N2O2. The number of fused-ring (bicyclic) bond motifs is 2. The smallest absolute Gasteiger partial charge is 0.409 e. The topological polar surface area (TPSA) is 52.6 Å². The third-order valence-corrected chi connectivity index (χ3v) is 8.24. The Hall–Kier alpha value is -3.11. The summed E-state index contributed by atoms with van der Waals surface area (Å²) < 4.78 is 0. The zero-order chi connectivity index (χ0) is 25.3. The second-order valence-corrected chi connectivity index (χ2v) is 11.7. The highest BCUT2D eigenvalue weighted by Crippen LogP contribution is 2.45. The van der Waals surface area contributed by atoms with Crippen molar-refractivity contribution in [3.63, 3.8) is 0 Å². The summed E-state index contributed by atoms with van der Waals surface area (Å²) >= 11 is 0. The van der Waals surface area contributed by atoms with Gasteiger partial charge in [0.15, 0.2) is 0 Å². The standard InChI is InChI=1S/C32H38N2O2/c1-32(2,3)27-16-14-23(15-17-27)30-24(10-7-11-29(30)33-31(35)36)18-28-25-12-13-26(28)21-34(20-25)19-22-8-5-4-6-9-22/h4-11,14-17,25-26,28,33H,12-13,18-21H2,1-3H3,(H,35,36). The lowest BCUT2D eigenvalue weighted by Gasteiger charge is -2.38. The maximum Gasteiger partial charge on any atom is 0.409 e. The first-order chi connectivity index (χ1) is 17.3. The molecule has 5 rings (SSSR count). The lowest BCUT2D eigenvalue weighted by molar-refractivity contribution is 0.103. The number of nitrogens with one attached hydrogen (secondary N) is 1. The fourth-order valence-corrected chi connectivity index (χ4v) is 6.46. The van der Waals surface area contributed by atoms with E-state index in [-0.39, 0.29) is 5.41 Å². The molecule has 188 valence electrons. The number of nitrogens with zero attached hydrogens (tertiary/aromatic N) is 1. The Kier molecular flexibility index (Phi) is 6.90. The maximum atomic E-state index is 11.6. The van der Waals surface area contributed by atoms with E-state index in [0.717, 1.165) is 37.2 Å². The number of hydrogen-bond donors (Lipinski definition) is 2. The zero-order valence-electron chi connectivity index (χ0n) is 21.7. The molecule has 2 aliphatic rings. The van der Waals surface area contributed by atoms with Gasteiger partial charge in [-0.3, -0.25) is 10.2 Å². The Morgan fingerprint density at radius 1 is 0.917 bits per heavy atom. The fraction of sp³-hybridized carbons (Fsp3) is 0.406. The number of likely N-dealkylation sites (tertiary alicyclic amines) is 1. The number of amides is 1. The molecule has 3 aromatic carbocycles. The molecule has 4 nitrogen and oxygen atoms in total. The number of anilines is 1. The molecule has 2 unspecified atom stereocenters. The van der Waals surface area contributed by atoms with E-state index in [2.05, 4.69) is 91.7 Å². The number of rotatable bonds is 6. The molecule has 2 atom stereocenters. The number of piperidine rings is 1. The summed E-state index contributed by atoms with van der Waals surface area (Å²) in [6.07, 6.45) is 2.57. The van der Waals surface area contributed by atoms with E-state index >= 15 is 0 Å². The van der Waals surface area contributed by atoms with E-state index in [1.54, 1.807) is 0 Å². The second-order valence-electron chi connectivity index (χ2n) is 11.7. The fourth-order valence-electron chi connectivity index (χ4n) is 6.46. The van der Waals surface area contributed by atoms with Crippen LogP contribution in [-0.4, -0.2) is 29.2 Å². The molecule has 36 heavy (non-hydrogen) atoms. The summed E-state index contributed by atoms with van der Waals surface area (Å²) in [7, 11) is 0. The molecule has 0 aromatic heterocycles. The van der Waals surface area contributed by atoms with E-state index in [9.17, 15) is 9.90 Å². The van der Waals surface area contributed by atoms with E-state index in [1.165, 1.54) is 29.5 Å². The number of benzene rings is 3. The van der Waals surface area contributed by atoms with Crippen molar-refractivity contribution >= 4 is 11.8 Å². The van der Waals surface area contributed by atoms with Crippen LogP contribution < -0.4 is 5.32 Å². The molecule has 2 bridgehead atoms. The molecule has 0 spiro atoms. The van der Waals surface area contributed by atoms with Crippen LogP contribution >= 0.6 is 0 Å². The summed E-state index contributed by atoms with van der Waals surface area (Å²) in [5.41, 5.74) is 6.79. The average molecular weight is 483 g/mol. The minimum atomic E-state index is -1.02. The molecule has 0 radical (unpaired) electrons. The normalized spacial score (nSPS) is 21.9. The molecule has 4 heteroatoms. The lowest BCUT2D eigenvalue weighted by atomic mass is 9.78. The number of hydrogen-bond acceptors (Lipinski definition) is 2. The van der Waals surface area contributed by atoms with Gasteiger partial charge in [0, 0.05) is 25.2 Å². The van der Waals surface area contributed by atoms with Crippen molar-refractivity contribution < 1.29 is 9.90 Å². The predicted octanol–water partition coefficient (Wildman–Crippen LogP) is 7.44. The highest BCUT2D eigenvalue weighted by atomic mass is 16.4. The van der Waals surface area contributed by atoms with Gasteiger partial charge >= 0.3 is 6.09 Å². The van der Waals surface area contributed by atoms with Crippen molar-refractivity contribution in [2.75, 3.05) is 18.4 Å². The first-order valence-corrected chi connectivity index (χ1v) is 13.3. The molecule has 2 fully saturated rings. The van der Waals surface area contributed by atoms with Crippen LogP contribution in [0.3, 0.4) is 0 Å². The van der Waals surface area contributed by atoms with Crippen molar-refractivity contribution in [1.29, 1.82) is 0 Å². The quantitative estimate of drug-likeness (QED) is 0.384. The molecule has 1 aliphatic heterocycles. The van der Waals surface area contributed by atoms with Crippen LogP contribution in [0.2, 0.25) is 0 Å². The van der Waals surface area contributed by atoms with Gasteiger partial charge in [-0.25, -0.2) is 4.79 Å². The maximum absolute atomic E-state index is 11.6. The van der Waals surface area contributed by atoms with Gasteiger partial charge in [0.2, 0.25) is 0 Å². The summed E-state index contributed by atoms with van der Waals surface area (Å²) in [5, 5.41) is 12.2. The Morgan fingerprint density at radius 3 is 2.19 bits per heavy atom. The molecule has 1 saturated heterocycles. The molecule has 1 aliphatic carbocycles. The highest BCUT2D eigenvalue weighted by Gasteiger charge is 2.42. The van der Waals surface area contributed by atoms with Gasteiger partial charge in [0.25, 0.3) is 0 Å². The third kappa shape index (κ3) is 5.34. The van der Waals surface area contributed by atoms with Crippen molar-refractivity contribution in [3.05, 3.63) is 89.5 Å². The zero-order valence-corrected chi connectivity index (χ0v) is 21.7. The molecule has 3 aromatic rings. The molecule has 1 saturated carbocycles. The Balaban J connectivity index is 1.40. The van der Waals surface area contributed by atoms with E-state index in [4.69, 9.17) is 0 Å². The van der Waals surface area contributed by atoms with Gasteiger partial charge in [-0.1, -0.05) is 87.5 Å². The van der Waals surface area contributed by atoms with Crippen molar-refractivity contribution in [1.82, 2.24) is 4.90 Å². The summed E-state index contributed by atoms with van der Waals surface area (Å²) in [6.45, 7) is 9.98. The van der Waals surface area contributed by atoms with Gasteiger partial charge in [-0.15, -0.1) is 0 Å². The van der Waals surface area contributed by atoms with Gasteiger partial charge in [-0.05, 0) is 70.8 Å². The predicted molar refractivity (Wildman–Crippen MR) is 147 cm³/mol. The number of carboxylic acid groups (broad SMARTS) is 1. The van der Waals surface area contributed by atoms with Crippen LogP contribution in [0.5, 0.6) is 0 Å². The molecule has 1 heterocycles. The van der Waals surface area contributed by atoms with Crippen molar-refractivity contribution in [2.24, 2.45) is 17.8 Å². The monoisotopic (exact) mass is 482 g/mol. The second kappa shape index (κ2) is 10.1. The average Bonchev–Trinajstić information content (AvgIpc) is 3.06. The Labute approximate surface area is 215 Å². The lowest BCUT2D eigenvalue weighted by Crippen LogP contribution is -2.42.